The number of anilines is 2. The minimum Gasteiger partial charge on any atom is -0.462 e. The number of esters is 9. The highest BCUT2D eigenvalue weighted by Crippen LogP contribution is 2.34. The zero-order valence-electron chi connectivity index (χ0n) is 90.3. The van der Waals surface area contributed by atoms with Crippen molar-refractivity contribution in [2.24, 2.45) is 17.8 Å². The summed E-state index contributed by atoms with van der Waals surface area (Å²) in [7, 11) is 0. The van der Waals surface area contributed by atoms with E-state index in [1.165, 1.54) is 12.8 Å². The highest BCUT2D eigenvalue weighted by Gasteiger charge is 2.29. The number of hydrogen-bond acceptors (Lipinski definition) is 19. The van der Waals surface area contributed by atoms with Gasteiger partial charge in [-0.3, -0.25) is 43.2 Å². The number of unbranched alkanes of at least 4 members (excludes halogenated alkanes) is 11. The molecule has 0 aliphatic heterocycles. The molecule has 2 rings (SSSR count). The average Bonchev–Trinajstić information content (AvgIpc) is 0.823. The summed E-state index contributed by atoms with van der Waals surface area (Å²) < 4.78 is 49.9. The molecule has 1 N–H and O–H groups in total. The fourth-order valence-electron chi connectivity index (χ4n) is 14.6. The van der Waals surface area contributed by atoms with Crippen LogP contribution in [-0.4, -0.2) is 112 Å². The molecule has 0 saturated carbocycles. The highest BCUT2D eigenvalue weighted by atomic mass is 35.5. The van der Waals surface area contributed by atoms with Gasteiger partial charge < -0.3 is 47.9 Å². The molecule has 0 aliphatic carbocycles. The number of hydrogen-bond donors (Lipinski definition) is 1. The monoisotopic (exact) mass is 2040 g/mol. The Morgan fingerprint density at radius 3 is 0.826 bits per heavy atom. The molecule has 2 aromatic carbocycles. The van der Waals surface area contributed by atoms with Gasteiger partial charge in [0.15, 0.2) is 18.3 Å². The van der Waals surface area contributed by atoms with Gasteiger partial charge in [-0.15, -0.1) is 0 Å². The van der Waals surface area contributed by atoms with Crippen LogP contribution in [0.5, 0.6) is 0 Å². The molecule has 0 heterocycles. The summed E-state index contributed by atoms with van der Waals surface area (Å²) in [5.74, 6) is -3.74. The molecule has 0 spiro atoms. The highest BCUT2D eigenvalue weighted by molar-refractivity contribution is 6.39. The zero-order chi connectivity index (χ0) is 106. The van der Waals surface area contributed by atoms with Gasteiger partial charge in [-0.1, -0.05) is 396 Å². The van der Waals surface area contributed by atoms with E-state index in [0.29, 0.717) is 65.5 Å². The average molecular weight is 2040 g/mol. The van der Waals surface area contributed by atoms with E-state index in [1.807, 2.05) is 59.7 Å². The van der Waals surface area contributed by atoms with Gasteiger partial charge in [0.25, 0.3) is 0 Å². The second kappa shape index (κ2) is 100. The van der Waals surface area contributed by atoms with Gasteiger partial charge in [-0.05, 0) is 210 Å². The van der Waals surface area contributed by atoms with Crippen molar-refractivity contribution in [1.29, 1.82) is 0 Å². The van der Waals surface area contributed by atoms with Gasteiger partial charge in [-0.25, -0.2) is 0 Å². The number of carbonyl (C=O) groups excluding carboxylic acids is 9. The van der Waals surface area contributed by atoms with Crippen LogP contribution in [0.15, 0.2) is 225 Å². The Morgan fingerprint density at radius 2 is 0.514 bits per heavy atom. The molecular formula is C123H187Cl2NO18. The van der Waals surface area contributed by atoms with Crippen molar-refractivity contribution in [2.45, 2.75) is 409 Å². The SMILES string of the molecule is CC/C=C\C/C=C\C/C=C\C/C=C\C/C=C\CCCC(=O)OCC(COC(=O)C(CCC)CCC)OC(=O)C(CCC)CCC.CC/C=C\C/C=C\C/C=C\C/C=C\C/C=C\CCCC(=O)OCC(COC(=O)Cc1ccccc1Nc1c(Cl)cccc1Cl)OC(=O)CCC/C=C\C/C=C\C/C=C\C/C=C\C/C=C\CC.CCCCCCCC(=O)OCC(COC(=O)C(CCC)CCC)OC(=O)CCCCCCC. The van der Waals surface area contributed by atoms with E-state index in [-0.39, 0.29) is 119 Å². The Hall–Kier alpha value is -9.85. The molecule has 806 valence electrons. The maximum atomic E-state index is 13.1. The molecule has 2 aromatic rings. The van der Waals surface area contributed by atoms with E-state index in [4.69, 9.17) is 65.8 Å². The first-order chi connectivity index (χ1) is 70.2. The van der Waals surface area contributed by atoms with Crippen LogP contribution >= 0.6 is 23.2 Å². The van der Waals surface area contributed by atoms with Crippen molar-refractivity contribution in [1.82, 2.24) is 0 Å². The summed E-state index contributed by atoms with van der Waals surface area (Å²) in [4.78, 5) is 114. The smallest absolute Gasteiger partial charge is 0.310 e. The van der Waals surface area contributed by atoms with Gasteiger partial charge in [0.2, 0.25) is 0 Å². The van der Waals surface area contributed by atoms with Gasteiger partial charge in [-0.2, -0.15) is 0 Å². The molecule has 0 aliphatic rings. The first-order valence-electron chi connectivity index (χ1n) is 54.8. The minimum absolute atomic E-state index is 0.0745. The molecule has 0 saturated heterocycles. The lowest BCUT2D eigenvalue weighted by atomic mass is 9.98. The lowest BCUT2D eigenvalue weighted by molar-refractivity contribution is -0.171. The molecule has 0 aromatic heterocycles. The second-order valence-corrected chi connectivity index (χ2v) is 36.6. The molecule has 19 nitrogen and oxygen atoms in total. The predicted molar refractivity (Wildman–Crippen MR) is 597 cm³/mol. The van der Waals surface area contributed by atoms with E-state index < -0.39 is 36.2 Å². The van der Waals surface area contributed by atoms with E-state index in [2.05, 4.69) is 222 Å². The van der Waals surface area contributed by atoms with Crippen molar-refractivity contribution in [3.8, 4) is 0 Å². The largest absolute Gasteiger partial charge is 0.462 e. The summed E-state index contributed by atoms with van der Waals surface area (Å²) in [6, 6.07) is 12.4. The topological polar surface area (TPSA) is 249 Å². The number of allylic oxidation sites excluding steroid dienone is 30. The number of para-hydroxylation sites is 2. The summed E-state index contributed by atoms with van der Waals surface area (Å²) in [5.41, 5.74) is 1.81. The molecule has 0 fully saturated rings. The van der Waals surface area contributed by atoms with Gasteiger partial charge in [0.05, 0.1) is 39.9 Å². The maximum absolute atomic E-state index is 13.1. The third kappa shape index (κ3) is 82.3. The van der Waals surface area contributed by atoms with E-state index in [1.54, 1.807) is 24.3 Å². The predicted octanol–water partition coefficient (Wildman–Crippen LogP) is 33.4. The van der Waals surface area contributed by atoms with Crippen LogP contribution in [0.3, 0.4) is 0 Å². The van der Waals surface area contributed by atoms with Crippen LogP contribution < -0.4 is 5.32 Å². The Labute approximate surface area is 880 Å². The number of carbonyl (C=O) groups is 9. The molecule has 0 bridgehead atoms. The minimum atomic E-state index is -0.958. The summed E-state index contributed by atoms with van der Waals surface area (Å²) in [6.07, 6.45) is 102. The second-order valence-electron chi connectivity index (χ2n) is 35.8. The Balaban J connectivity index is 0.00000228. The lowest BCUT2D eigenvalue weighted by Gasteiger charge is -2.22. The fourth-order valence-corrected chi connectivity index (χ4v) is 15.1. The summed E-state index contributed by atoms with van der Waals surface area (Å²) in [5, 5.41) is 4.09. The Bertz CT molecular complexity index is 4080. The summed E-state index contributed by atoms with van der Waals surface area (Å²) >= 11 is 12.7. The summed E-state index contributed by atoms with van der Waals surface area (Å²) in [6.45, 7) is 22.1. The third-order valence-corrected chi connectivity index (χ3v) is 23.1. The number of halogens is 2. The molecule has 0 amide bonds. The molecule has 21 heteroatoms. The molecule has 3 atom stereocenters. The van der Waals surface area contributed by atoms with Crippen molar-refractivity contribution >= 4 is 88.3 Å². The van der Waals surface area contributed by atoms with Crippen LogP contribution in [0.4, 0.5) is 11.4 Å². The molecule has 3 unspecified atom stereocenters. The van der Waals surface area contributed by atoms with Crippen LogP contribution in [-0.2, 0) is 92.2 Å². The maximum Gasteiger partial charge on any atom is 0.310 e. The van der Waals surface area contributed by atoms with Crippen LogP contribution in [0.1, 0.15) is 390 Å². The van der Waals surface area contributed by atoms with Crippen molar-refractivity contribution in [3.05, 3.63) is 240 Å². The van der Waals surface area contributed by atoms with E-state index >= 15 is 0 Å². The van der Waals surface area contributed by atoms with Crippen molar-refractivity contribution < 1.29 is 85.8 Å². The van der Waals surface area contributed by atoms with Crippen LogP contribution in [0, 0.1) is 17.8 Å². The van der Waals surface area contributed by atoms with Crippen LogP contribution in [0.2, 0.25) is 10.0 Å². The van der Waals surface area contributed by atoms with Gasteiger partial charge in [0, 0.05) is 37.8 Å². The van der Waals surface area contributed by atoms with E-state index in [0.717, 1.165) is 238 Å². The number of ether oxygens (including phenoxy) is 9. The number of nitrogens with one attached hydrogen (secondary N) is 1. The molecule has 0 radical (unpaired) electrons. The van der Waals surface area contributed by atoms with E-state index in [9.17, 15) is 43.2 Å². The zero-order valence-corrected chi connectivity index (χ0v) is 91.8. The number of benzene rings is 2. The van der Waals surface area contributed by atoms with Crippen LogP contribution in [0.25, 0.3) is 0 Å². The molecular weight excluding hydrogens is 1850 g/mol. The standard InChI is InChI=1S/C57H73Cl2NO6.C39H64O6.C27H50O6/c1-3-5-7-9-11-13-15-17-19-21-23-25-27-29-31-33-35-44-54(61)64-47-50(48-65-56(63)46-49-40-37-38-43-53(49)60-57-51(58)41-39-42-52(57)59)66-55(62)45-36-34-32-30-28-26-24-22-20-18-16-14-12-10-8-6-4-2;1-6-11-12-13-14-15-16-17-18-19-20-21-22-23-24-25-26-31-37(40)43-32-36(45-39(42)35(29-9-4)30-10-5)33-44-38(41)34(27-7-2)28-8-3;1-5-9-11-13-15-19-25(28)31-21-24(33-26(29)20-16-14-12-10-6-2)22-32-27(30)23(17-7-3)18-8-4/h5-8,11-14,17-20,23-26,29-32,37-43,50,60H,3-4,9-10,15-16,21-22,27-28,33-36,44-48H2,1-2H3;11-12,14-15,17-18,20-21,23-24,34-36H,6-10,13,16,19,22,25-33H2,1-5H3;23-24H,5-22H2,1-4H3/b7-5-,8-6-,13-11-,14-12-,19-17-,20-18-,25-23-,26-24-,31-29-,32-30-;12-11-,15-14-,18-17-,21-20-,24-23-;. The Kier molecular flexibility index (Phi) is 93.6. The van der Waals surface area contributed by atoms with Crippen molar-refractivity contribution in [3.63, 3.8) is 0 Å². The first kappa shape index (κ1) is 134. The first-order valence-corrected chi connectivity index (χ1v) is 55.6. The van der Waals surface area contributed by atoms with Gasteiger partial charge >= 0.3 is 53.7 Å². The molecule has 144 heavy (non-hydrogen) atoms. The van der Waals surface area contributed by atoms with Crippen molar-refractivity contribution in [2.75, 3.05) is 45.0 Å². The lowest BCUT2D eigenvalue weighted by Crippen LogP contribution is -2.34. The number of rotatable bonds is 85. The Morgan fingerprint density at radius 1 is 0.257 bits per heavy atom. The quantitative estimate of drug-likeness (QED) is 0.0280. The third-order valence-electron chi connectivity index (χ3n) is 22.5. The normalized spacial score (nSPS) is 12.7. The van der Waals surface area contributed by atoms with Gasteiger partial charge in [0.1, 0.15) is 39.6 Å². The fraction of sp³-hybridized carbons (Fsp3) is 0.585.